The highest BCUT2D eigenvalue weighted by Crippen LogP contribution is 2.52. The summed E-state index contributed by atoms with van der Waals surface area (Å²) in [6.45, 7) is 9.18. The first-order chi connectivity index (χ1) is 8.54. The fourth-order valence-corrected chi connectivity index (χ4v) is 3.61. The molecular weight excluding hydrogens is 222 g/mol. The van der Waals surface area contributed by atoms with Crippen LogP contribution < -0.4 is 0 Å². The molecule has 3 nitrogen and oxygen atoms in total. The largest absolute Gasteiger partial charge is 0.244 e. The van der Waals surface area contributed by atoms with Crippen LogP contribution in [0.4, 0.5) is 0 Å². The summed E-state index contributed by atoms with van der Waals surface area (Å²) < 4.78 is 2.20. The summed E-state index contributed by atoms with van der Waals surface area (Å²) in [4.78, 5) is 0. The number of hydrogen-bond donors (Lipinski definition) is 0. The molecule has 1 aromatic heterocycles. The van der Waals surface area contributed by atoms with Gasteiger partial charge in [-0.05, 0) is 63.7 Å². The Morgan fingerprint density at radius 1 is 1.22 bits per heavy atom. The number of nitrogens with zero attached hydrogens (tertiary/aromatic N) is 3. The van der Waals surface area contributed by atoms with Crippen LogP contribution in [0.25, 0.3) is 0 Å². The molecule has 0 spiro atoms. The lowest BCUT2D eigenvalue weighted by Gasteiger charge is -2.25. The quantitative estimate of drug-likeness (QED) is 0.803. The molecule has 0 N–H and O–H groups in total. The molecule has 0 bridgehead atoms. The molecule has 0 unspecified atom stereocenters. The predicted octanol–water partition coefficient (Wildman–Crippen LogP) is 3.18. The van der Waals surface area contributed by atoms with Gasteiger partial charge < -0.3 is 0 Å². The number of fused-ring (bicyclic) bond motifs is 2. The van der Waals surface area contributed by atoms with Crippen LogP contribution in [0.5, 0.6) is 0 Å². The molecule has 2 aliphatic carbocycles. The monoisotopic (exact) mass is 247 g/mol. The minimum Gasteiger partial charge on any atom is -0.244 e. The van der Waals surface area contributed by atoms with Crippen molar-refractivity contribution < 1.29 is 0 Å². The highest BCUT2D eigenvalue weighted by molar-refractivity contribution is 5.16. The number of rotatable bonds is 2. The van der Waals surface area contributed by atoms with E-state index in [1.165, 1.54) is 30.7 Å². The van der Waals surface area contributed by atoms with E-state index in [0.717, 1.165) is 30.6 Å². The Bertz CT molecular complexity index is 447. The van der Waals surface area contributed by atoms with Crippen molar-refractivity contribution in [1.82, 2.24) is 15.0 Å². The summed E-state index contributed by atoms with van der Waals surface area (Å²) in [6, 6.07) is 0. The summed E-state index contributed by atoms with van der Waals surface area (Å²) in [6.07, 6.45) is 6.08. The summed E-state index contributed by atoms with van der Waals surface area (Å²) >= 11 is 0. The van der Waals surface area contributed by atoms with E-state index in [2.05, 4.69) is 42.7 Å². The Labute approximate surface area is 110 Å². The van der Waals surface area contributed by atoms with Gasteiger partial charge in [0.1, 0.15) is 0 Å². The lowest BCUT2D eigenvalue weighted by Crippen LogP contribution is -2.29. The minimum atomic E-state index is 0.106. The van der Waals surface area contributed by atoms with E-state index in [1.807, 2.05) is 0 Å². The second-order valence-corrected chi connectivity index (χ2v) is 6.82. The number of aryl methyl sites for hydroxylation is 1. The van der Waals surface area contributed by atoms with E-state index < -0.39 is 0 Å². The van der Waals surface area contributed by atoms with Crippen LogP contribution in [-0.4, -0.2) is 15.0 Å². The first-order valence-corrected chi connectivity index (χ1v) is 7.48. The molecule has 0 radical (unpaired) electrons. The SMILES string of the molecule is CCC(C)(C)n1nnc2c1CC[C@@H]1[C@H](C)[C@@H]1CC2. The summed E-state index contributed by atoms with van der Waals surface area (Å²) in [7, 11) is 0. The molecule has 0 saturated heterocycles. The third kappa shape index (κ3) is 1.79. The van der Waals surface area contributed by atoms with Crippen molar-refractivity contribution in [3.05, 3.63) is 11.4 Å². The first-order valence-electron chi connectivity index (χ1n) is 7.48. The van der Waals surface area contributed by atoms with Gasteiger partial charge in [0.05, 0.1) is 16.9 Å². The number of aromatic nitrogens is 3. The highest BCUT2D eigenvalue weighted by Gasteiger charge is 2.46. The van der Waals surface area contributed by atoms with E-state index in [9.17, 15) is 0 Å². The molecule has 18 heavy (non-hydrogen) atoms. The molecular formula is C15H25N3. The van der Waals surface area contributed by atoms with Crippen molar-refractivity contribution >= 4 is 0 Å². The van der Waals surface area contributed by atoms with Gasteiger partial charge in [-0.1, -0.05) is 19.1 Å². The van der Waals surface area contributed by atoms with Crippen molar-refractivity contribution in [3.8, 4) is 0 Å². The molecule has 0 aromatic carbocycles. The Morgan fingerprint density at radius 2 is 1.89 bits per heavy atom. The fraction of sp³-hybridized carbons (Fsp3) is 0.867. The topological polar surface area (TPSA) is 30.7 Å². The van der Waals surface area contributed by atoms with E-state index in [-0.39, 0.29) is 5.54 Å². The third-order valence-corrected chi connectivity index (χ3v) is 5.47. The average molecular weight is 247 g/mol. The summed E-state index contributed by atoms with van der Waals surface area (Å²) in [5, 5.41) is 8.91. The Morgan fingerprint density at radius 3 is 2.56 bits per heavy atom. The normalized spacial score (nSPS) is 31.2. The van der Waals surface area contributed by atoms with Gasteiger partial charge >= 0.3 is 0 Å². The van der Waals surface area contributed by atoms with Crippen LogP contribution in [0, 0.1) is 17.8 Å². The maximum absolute atomic E-state index is 4.46. The standard InChI is InChI=1S/C15H25N3/c1-5-15(3,4)18-14-9-7-12-10(2)11(12)6-8-13(14)16-17-18/h10-12H,5-9H2,1-4H3/t10-,11+,12-/m1/s1. The van der Waals surface area contributed by atoms with Gasteiger partial charge in [-0.25, -0.2) is 4.68 Å². The van der Waals surface area contributed by atoms with Gasteiger partial charge in [0, 0.05) is 0 Å². The Hall–Kier alpha value is -0.860. The average Bonchev–Trinajstić information content (AvgIpc) is 2.73. The van der Waals surface area contributed by atoms with Crippen LogP contribution in [0.3, 0.4) is 0 Å². The zero-order valence-corrected chi connectivity index (χ0v) is 12.1. The van der Waals surface area contributed by atoms with E-state index in [0.29, 0.717) is 0 Å². The van der Waals surface area contributed by atoms with Gasteiger partial charge in [-0.15, -0.1) is 5.10 Å². The highest BCUT2D eigenvalue weighted by atomic mass is 15.5. The first kappa shape index (κ1) is 12.2. The molecule has 1 heterocycles. The summed E-state index contributed by atoms with van der Waals surface area (Å²) in [5.74, 6) is 2.91. The van der Waals surface area contributed by atoms with Gasteiger partial charge in [-0.3, -0.25) is 0 Å². The lowest BCUT2D eigenvalue weighted by molar-refractivity contribution is 0.290. The smallest absolute Gasteiger partial charge is 0.0859 e. The minimum absolute atomic E-state index is 0.106. The predicted molar refractivity (Wildman–Crippen MR) is 72.4 cm³/mol. The van der Waals surface area contributed by atoms with Crippen molar-refractivity contribution in [2.24, 2.45) is 17.8 Å². The van der Waals surface area contributed by atoms with Crippen molar-refractivity contribution in [3.63, 3.8) is 0 Å². The Balaban J connectivity index is 1.89. The molecule has 3 atom stereocenters. The van der Waals surface area contributed by atoms with Gasteiger partial charge in [0.2, 0.25) is 0 Å². The maximum atomic E-state index is 4.46. The van der Waals surface area contributed by atoms with Crippen molar-refractivity contribution in [1.29, 1.82) is 0 Å². The lowest BCUT2D eigenvalue weighted by atomic mass is 9.98. The molecule has 1 saturated carbocycles. The Kier molecular flexibility index (Phi) is 2.76. The van der Waals surface area contributed by atoms with Crippen LogP contribution in [0.2, 0.25) is 0 Å². The van der Waals surface area contributed by atoms with Crippen molar-refractivity contribution in [2.45, 2.75) is 65.3 Å². The second-order valence-electron chi connectivity index (χ2n) is 6.82. The molecule has 0 aliphatic heterocycles. The molecule has 1 aromatic rings. The summed E-state index contributed by atoms with van der Waals surface area (Å²) in [5.41, 5.74) is 2.79. The third-order valence-electron chi connectivity index (χ3n) is 5.47. The van der Waals surface area contributed by atoms with E-state index in [4.69, 9.17) is 0 Å². The molecule has 1 fully saturated rings. The molecule has 3 rings (SSSR count). The molecule has 0 amide bonds. The van der Waals surface area contributed by atoms with Gasteiger partial charge in [-0.2, -0.15) is 0 Å². The van der Waals surface area contributed by atoms with E-state index >= 15 is 0 Å². The van der Waals surface area contributed by atoms with Crippen LogP contribution in [0.15, 0.2) is 0 Å². The zero-order valence-electron chi connectivity index (χ0n) is 12.1. The zero-order chi connectivity index (χ0) is 12.9. The molecule has 2 aliphatic rings. The number of hydrogen-bond acceptors (Lipinski definition) is 2. The molecule has 100 valence electrons. The van der Waals surface area contributed by atoms with Crippen LogP contribution in [-0.2, 0) is 18.4 Å². The van der Waals surface area contributed by atoms with Crippen molar-refractivity contribution in [2.75, 3.05) is 0 Å². The van der Waals surface area contributed by atoms with Gasteiger partial charge in [0.15, 0.2) is 0 Å². The van der Waals surface area contributed by atoms with Gasteiger partial charge in [0.25, 0.3) is 0 Å². The maximum Gasteiger partial charge on any atom is 0.0859 e. The molecule has 3 heteroatoms. The van der Waals surface area contributed by atoms with E-state index in [1.54, 1.807) is 0 Å². The van der Waals surface area contributed by atoms with Crippen LogP contribution >= 0.6 is 0 Å². The fourth-order valence-electron chi connectivity index (χ4n) is 3.61. The second kappa shape index (κ2) is 4.07. The van der Waals surface area contributed by atoms with Crippen LogP contribution in [0.1, 0.15) is 58.3 Å².